The summed E-state index contributed by atoms with van der Waals surface area (Å²) in [5.74, 6) is 0.589. The van der Waals surface area contributed by atoms with Gasteiger partial charge < -0.3 is 10.1 Å². The van der Waals surface area contributed by atoms with Crippen LogP contribution in [0, 0.1) is 0 Å². The number of rotatable bonds is 6. The van der Waals surface area contributed by atoms with Gasteiger partial charge in [0.1, 0.15) is 5.75 Å². The molecule has 1 unspecified atom stereocenters. The first kappa shape index (κ1) is 13.6. The second-order valence-electron chi connectivity index (χ2n) is 4.09. The lowest BCUT2D eigenvalue weighted by Crippen LogP contribution is -2.32. The van der Waals surface area contributed by atoms with Crippen LogP contribution in [-0.2, 0) is 0 Å². The third-order valence-electron chi connectivity index (χ3n) is 2.53. The maximum atomic E-state index is 12.0. The Balaban J connectivity index is 2.74. The highest BCUT2D eigenvalue weighted by molar-refractivity contribution is 5.97. The summed E-state index contributed by atoms with van der Waals surface area (Å²) in [6, 6.07) is 7.53. The van der Waals surface area contributed by atoms with Crippen molar-refractivity contribution in [2.75, 3.05) is 6.61 Å². The molecule has 0 aliphatic carbocycles. The Morgan fingerprint density at radius 2 is 2.06 bits per heavy atom. The highest BCUT2D eigenvalue weighted by atomic mass is 16.5. The predicted octanol–water partition coefficient (Wildman–Crippen LogP) is 3.00. The lowest BCUT2D eigenvalue weighted by atomic mass is 10.1. The Labute approximate surface area is 103 Å². The minimum absolute atomic E-state index is 0.0602. The van der Waals surface area contributed by atoms with E-state index in [1.54, 1.807) is 6.07 Å². The largest absolute Gasteiger partial charge is 0.493 e. The van der Waals surface area contributed by atoms with Gasteiger partial charge in [0.15, 0.2) is 0 Å². The van der Waals surface area contributed by atoms with Crippen LogP contribution in [0.1, 0.15) is 44.0 Å². The Morgan fingerprint density at radius 3 is 2.71 bits per heavy atom. The number of carbonyl (C=O) groups is 1. The van der Waals surface area contributed by atoms with Crippen molar-refractivity contribution in [3.8, 4) is 5.75 Å². The van der Waals surface area contributed by atoms with E-state index in [4.69, 9.17) is 4.74 Å². The van der Waals surface area contributed by atoms with Crippen molar-refractivity contribution in [2.24, 2.45) is 0 Å². The number of nitrogens with one attached hydrogen (secondary N) is 1. The molecule has 94 valence electrons. The Hall–Kier alpha value is -1.51. The van der Waals surface area contributed by atoms with Gasteiger partial charge in [-0.2, -0.15) is 0 Å². The third kappa shape index (κ3) is 4.10. The first-order valence-corrected chi connectivity index (χ1v) is 6.21. The molecule has 1 N–H and O–H groups in total. The van der Waals surface area contributed by atoms with Crippen LogP contribution in [0.15, 0.2) is 24.3 Å². The van der Waals surface area contributed by atoms with Gasteiger partial charge in [0, 0.05) is 6.04 Å². The predicted molar refractivity (Wildman–Crippen MR) is 69.4 cm³/mol. The van der Waals surface area contributed by atoms with Crippen molar-refractivity contribution < 1.29 is 9.53 Å². The van der Waals surface area contributed by atoms with Crippen LogP contribution in [0.4, 0.5) is 0 Å². The van der Waals surface area contributed by atoms with Crippen molar-refractivity contribution in [3.05, 3.63) is 29.8 Å². The quantitative estimate of drug-likeness (QED) is 0.823. The summed E-state index contributed by atoms with van der Waals surface area (Å²) in [6.07, 6.45) is 2.05. The van der Waals surface area contributed by atoms with E-state index in [9.17, 15) is 4.79 Å². The fourth-order valence-corrected chi connectivity index (χ4v) is 1.74. The molecular weight excluding hydrogens is 214 g/mol. The summed E-state index contributed by atoms with van der Waals surface area (Å²) >= 11 is 0. The molecule has 0 aliphatic rings. The summed E-state index contributed by atoms with van der Waals surface area (Å²) in [5, 5.41) is 2.98. The van der Waals surface area contributed by atoms with Crippen LogP contribution < -0.4 is 10.1 Å². The van der Waals surface area contributed by atoms with Crippen molar-refractivity contribution in [3.63, 3.8) is 0 Å². The van der Waals surface area contributed by atoms with Gasteiger partial charge in [0.25, 0.3) is 5.91 Å². The summed E-state index contributed by atoms with van der Waals surface area (Å²) in [6.45, 7) is 6.60. The van der Waals surface area contributed by atoms with E-state index in [2.05, 4.69) is 12.2 Å². The van der Waals surface area contributed by atoms with Gasteiger partial charge in [0.2, 0.25) is 0 Å². The van der Waals surface area contributed by atoms with E-state index >= 15 is 0 Å². The number of hydrogen-bond donors (Lipinski definition) is 1. The molecule has 0 aromatic heterocycles. The van der Waals surface area contributed by atoms with Crippen molar-refractivity contribution >= 4 is 5.91 Å². The summed E-state index contributed by atoms with van der Waals surface area (Å²) in [4.78, 5) is 12.0. The molecule has 3 heteroatoms. The minimum atomic E-state index is -0.0602. The van der Waals surface area contributed by atoms with Crippen LogP contribution in [0.3, 0.4) is 0 Å². The molecular formula is C14H21NO2. The lowest BCUT2D eigenvalue weighted by molar-refractivity contribution is 0.0934. The van der Waals surface area contributed by atoms with Gasteiger partial charge in [-0.3, -0.25) is 4.79 Å². The van der Waals surface area contributed by atoms with Gasteiger partial charge in [0.05, 0.1) is 12.2 Å². The van der Waals surface area contributed by atoms with Crippen LogP contribution in [0.5, 0.6) is 5.75 Å². The van der Waals surface area contributed by atoms with E-state index < -0.39 is 0 Å². The lowest BCUT2D eigenvalue weighted by Gasteiger charge is -2.14. The molecule has 17 heavy (non-hydrogen) atoms. The molecule has 0 bridgehead atoms. The monoisotopic (exact) mass is 235 g/mol. The Morgan fingerprint density at radius 1 is 1.35 bits per heavy atom. The molecule has 1 rings (SSSR count). The van der Waals surface area contributed by atoms with Gasteiger partial charge in [-0.05, 0) is 32.4 Å². The fraction of sp³-hybridized carbons (Fsp3) is 0.500. The highest BCUT2D eigenvalue weighted by Crippen LogP contribution is 2.17. The van der Waals surface area contributed by atoms with Crippen molar-refractivity contribution in [1.29, 1.82) is 0 Å². The number of amides is 1. The Bertz CT molecular complexity index is 363. The van der Waals surface area contributed by atoms with E-state index in [-0.39, 0.29) is 11.9 Å². The SMILES string of the molecule is CCCC(C)NC(=O)c1ccccc1OCC. The first-order valence-electron chi connectivity index (χ1n) is 6.21. The van der Waals surface area contributed by atoms with E-state index in [1.165, 1.54) is 0 Å². The van der Waals surface area contributed by atoms with Gasteiger partial charge in [-0.25, -0.2) is 0 Å². The molecule has 0 radical (unpaired) electrons. The first-order chi connectivity index (χ1) is 8.19. The smallest absolute Gasteiger partial charge is 0.255 e. The molecule has 0 aliphatic heterocycles. The van der Waals surface area contributed by atoms with E-state index in [0.717, 1.165) is 12.8 Å². The second kappa shape index (κ2) is 6.94. The normalized spacial score (nSPS) is 11.9. The number of hydrogen-bond acceptors (Lipinski definition) is 2. The second-order valence-corrected chi connectivity index (χ2v) is 4.09. The maximum absolute atomic E-state index is 12.0. The van der Waals surface area contributed by atoms with Gasteiger partial charge >= 0.3 is 0 Å². The number of carbonyl (C=O) groups excluding carboxylic acids is 1. The average molecular weight is 235 g/mol. The topological polar surface area (TPSA) is 38.3 Å². The average Bonchev–Trinajstić information content (AvgIpc) is 2.30. The molecule has 0 saturated heterocycles. The van der Waals surface area contributed by atoms with Crippen molar-refractivity contribution in [2.45, 2.75) is 39.7 Å². The van der Waals surface area contributed by atoms with E-state index in [1.807, 2.05) is 32.0 Å². The molecule has 3 nitrogen and oxygen atoms in total. The molecule has 0 saturated carbocycles. The van der Waals surface area contributed by atoms with Crippen LogP contribution in [-0.4, -0.2) is 18.6 Å². The van der Waals surface area contributed by atoms with Gasteiger partial charge in [-0.15, -0.1) is 0 Å². The van der Waals surface area contributed by atoms with Crippen LogP contribution in [0.25, 0.3) is 0 Å². The number of benzene rings is 1. The minimum Gasteiger partial charge on any atom is -0.493 e. The number of para-hydroxylation sites is 1. The maximum Gasteiger partial charge on any atom is 0.255 e. The molecule has 1 aromatic carbocycles. The standard InChI is InChI=1S/C14H21NO2/c1-4-8-11(3)15-14(16)12-9-6-7-10-13(12)17-5-2/h6-7,9-11H,4-5,8H2,1-3H3,(H,15,16). The zero-order valence-corrected chi connectivity index (χ0v) is 10.8. The summed E-state index contributed by atoms with van der Waals surface area (Å²) < 4.78 is 5.44. The summed E-state index contributed by atoms with van der Waals surface area (Å²) in [7, 11) is 0. The zero-order chi connectivity index (χ0) is 12.7. The van der Waals surface area contributed by atoms with Gasteiger partial charge in [-0.1, -0.05) is 25.5 Å². The molecule has 0 fully saturated rings. The molecule has 1 aromatic rings. The van der Waals surface area contributed by atoms with Crippen LogP contribution >= 0.6 is 0 Å². The van der Waals surface area contributed by atoms with Crippen LogP contribution in [0.2, 0.25) is 0 Å². The molecule has 0 heterocycles. The van der Waals surface area contributed by atoms with Crippen molar-refractivity contribution in [1.82, 2.24) is 5.32 Å². The molecule has 1 atom stereocenters. The highest BCUT2D eigenvalue weighted by Gasteiger charge is 2.13. The summed E-state index contributed by atoms with van der Waals surface area (Å²) in [5.41, 5.74) is 0.609. The third-order valence-corrected chi connectivity index (χ3v) is 2.53. The Kier molecular flexibility index (Phi) is 5.53. The zero-order valence-electron chi connectivity index (χ0n) is 10.8. The molecule has 1 amide bonds. The molecule has 0 spiro atoms. The number of ether oxygens (including phenoxy) is 1. The van der Waals surface area contributed by atoms with E-state index in [0.29, 0.717) is 17.9 Å². The fourth-order valence-electron chi connectivity index (χ4n) is 1.74.